The molecule has 0 unspecified atom stereocenters. The van der Waals surface area contributed by atoms with Gasteiger partial charge in [0.1, 0.15) is 0 Å². The number of anilines is 1. The second-order valence-electron chi connectivity index (χ2n) is 5.16. The first kappa shape index (κ1) is 13.6. The summed E-state index contributed by atoms with van der Waals surface area (Å²) in [5, 5.41) is 3.62. The van der Waals surface area contributed by atoms with Crippen molar-refractivity contribution in [2.24, 2.45) is 0 Å². The summed E-state index contributed by atoms with van der Waals surface area (Å²) in [4.78, 5) is 2.23. The standard InChI is InChI=1S/C17H22N2/c1-19(2)14-17(13-15-9-5-3-6-10-15)18-16-11-7-4-8-12-16/h3-12,17-18H,13-14H2,1-2H3/t17-/m0/s1. The molecule has 2 aromatic carbocycles. The normalized spacial score (nSPS) is 12.4. The summed E-state index contributed by atoms with van der Waals surface area (Å²) in [6.45, 7) is 1.02. The lowest BCUT2D eigenvalue weighted by Gasteiger charge is -2.23. The summed E-state index contributed by atoms with van der Waals surface area (Å²) in [5.41, 5.74) is 2.56. The molecule has 0 aliphatic heterocycles. The Morgan fingerprint density at radius 3 is 2.05 bits per heavy atom. The summed E-state index contributed by atoms with van der Waals surface area (Å²) in [6, 6.07) is 21.5. The summed E-state index contributed by atoms with van der Waals surface area (Å²) in [7, 11) is 4.23. The van der Waals surface area contributed by atoms with Crippen LogP contribution < -0.4 is 5.32 Å². The molecular formula is C17H22N2. The molecule has 0 amide bonds. The van der Waals surface area contributed by atoms with E-state index in [-0.39, 0.29) is 0 Å². The van der Waals surface area contributed by atoms with Gasteiger partial charge in [-0.15, -0.1) is 0 Å². The third kappa shape index (κ3) is 4.76. The molecule has 0 spiro atoms. The average Bonchev–Trinajstić information content (AvgIpc) is 2.40. The molecule has 2 heteroatoms. The second kappa shape index (κ2) is 6.95. The predicted molar refractivity (Wildman–Crippen MR) is 82.6 cm³/mol. The highest BCUT2D eigenvalue weighted by atomic mass is 15.1. The van der Waals surface area contributed by atoms with Crippen molar-refractivity contribution in [2.75, 3.05) is 26.0 Å². The van der Waals surface area contributed by atoms with Gasteiger partial charge in [0.05, 0.1) is 0 Å². The van der Waals surface area contributed by atoms with Crippen molar-refractivity contribution in [3.63, 3.8) is 0 Å². The smallest absolute Gasteiger partial charge is 0.0428 e. The van der Waals surface area contributed by atoms with Gasteiger partial charge in [-0.05, 0) is 38.2 Å². The van der Waals surface area contributed by atoms with Crippen LogP contribution in [-0.4, -0.2) is 31.6 Å². The molecule has 2 nitrogen and oxygen atoms in total. The molecule has 2 aromatic rings. The molecule has 19 heavy (non-hydrogen) atoms. The van der Waals surface area contributed by atoms with Crippen LogP contribution in [0.2, 0.25) is 0 Å². The number of nitrogens with zero attached hydrogens (tertiary/aromatic N) is 1. The molecule has 0 bridgehead atoms. The predicted octanol–water partition coefficient (Wildman–Crippen LogP) is 3.27. The van der Waals surface area contributed by atoms with E-state index in [1.54, 1.807) is 0 Å². The van der Waals surface area contributed by atoms with E-state index in [1.165, 1.54) is 11.3 Å². The molecule has 0 saturated carbocycles. The van der Waals surface area contributed by atoms with E-state index in [4.69, 9.17) is 0 Å². The number of rotatable bonds is 6. The van der Waals surface area contributed by atoms with E-state index in [9.17, 15) is 0 Å². The molecule has 0 aliphatic rings. The number of para-hydroxylation sites is 1. The van der Waals surface area contributed by atoms with Crippen molar-refractivity contribution < 1.29 is 0 Å². The minimum absolute atomic E-state index is 0.416. The van der Waals surface area contributed by atoms with Gasteiger partial charge >= 0.3 is 0 Å². The van der Waals surface area contributed by atoms with Crippen LogP contribution in [0.4, 0.5) is 5.69 Å². The van der Waals surface area contributed by atoms with Crippen LogP contribution in [0.1, 0.15) is 5.56 Å². The number of hydrogen-bond acceptors (Lipinski definition) is 2. The van der Waals surface area contributed by atoms with Gasteiger partial charge in [0.25, 0.3) is 0 Å². The highest BCUT2D eigenvalue weighted by molar-refractivity contribution is 5.43. The summed E-state index contributed by atoms with van der Waals surface area (Å²) >= 11 is 0. The lowest BCUT2D eigenvalue weighted by atomic mass is 10.1. The first-order valence-electron chi connectivity index (χ1n) is 6.74. The lowest BCUT2D eigenvalue weighted by Crippen LogP contribution is -2.34. The molecule has 100 valence electrons. The highest BCUT2D eigenvalue weighted by Crippen LogP contribution is 2.11. The fourth-order valence-electron chi connectivity index (χ4n) is 2.27. The van der Waals surface area contributed by atoms with Crippen LogP contribution in [0, 0.1) is 0 Å². The Hall–Kier alpha value is -1.80. The first-order chi connectivity index (χ1) is 9.24. The second-order valence-corrected chi connectivity index (χ2v) is 5.16. The Morgan fingerprint density at radius 2 is 1.47 bits per heavy atom. The summed E-state index contributed by atoms with van der Waals surface area (Å²) in [5.74, 6) is 0. The number of benzene rings is 2. The molecule has 1 atom stereocenters. The maximum Gasteiger partial charge on any atom is 0.0428 e. The Kier molecular flexibility index (Phi) is 4.99. The topological polar surface area (TPSA) is 15.3 Å². The summed E-state index contributed by atoms with van der Waals surface area (Å²) in [6.07, 6.45) is 1.04. The third-order valence-corrected chi connectivity index (χ3v) is 3.06. The first-order valence-corrected chi connectivity index (χ1v) is 6.74. The fourth-order valence-corrected chi connectivity index (χ4v) is 2.27. The zero-order valence-corrected chi connectivity index (χ0v) is 11.7. The fraction of sp³-hybridized carbons (Fsp3) is 0.294. The zero-order chi connectivity index (χ0) is 13.5. The van der Waals surface area contributed by atoms with Crippen LogP contribution in [0.3, 0.4) is 0 Å². The Balaban J connectivity index is 2.03. The average molecular weight is 254 g/mol. The van der Waals surface area contributed by atoms with Gasteiger partial charge in [0.2, 0.25) is 0 Å². The van der Waals surface area contributed by atoms with E-state index >= 15 is 0 Å². The van der Waals surface area contributed by atoms with Crippen molar-refractivity contribution in [1.82, 2.24) is 4.90 Å². The molecule has 0 fully saturated rings. The zero-order valence-electron chi connectivity index (χ0n) is 11.7. The van der Waals surface area contributed by atoms with Crippen molar-refractivity contribution in [1.29, 1.82) is 0 Å². The van der Waals surface area contributed by atoms with Crippen LogP contribution in [0.25, 0.3) is 0 Å². The molecule has 0 aliphatic carbocycles. The Labute approximate surface area is 116 Å². The van der Waals surface area contributed by atoms with Gasteiger partial charge in [-0.25, -0.2) is 0 Å². The lowest BCUT2D eigenvalue weighted by molar-refractivity contribution is 0.382. The quantitative estimate of drug-likeness (QED) is 0.851. The highest BCUT2D eigenvalue weighted by Gasteiger charge is 2.10. The molecular weight excluding hydrogens is 232 g/mol. The molecule has 2 rings (SSSR count). The largest absolute Gasteiger partial charge is 0.381 e. The minimum atomic E-state index is 0.416. The maximum atomic E-state index is 3.62. The number of likely N-dealkylation sites (N-methyl/N-ethyl adjacent to an activating group) is 1. The van der Waals surface area contributed by atoms with Crippen LogP contribution in [-0.2, 0) is 6.42 Å². The van der Waals surface area contributed by atoms with Crippen LogP contribution in [0.5, 0.6) is 0 Å². The van der Waals surface area contributed by atoms with E-state index in [0.717, 1.165) is 13.0 Å². The third-order valence-electron chi connectivity index (χ3n) is 3.06. The van der Waals surface area contributed by atoms with Crippen molar-refractivity contribution >= 4 is 5.69 Å². The Bertz CT molecular complexity index is 424. The monoisotopic (exact) mass is 254 g/mol. The van der Waals surface area contributed by atoms with Crippen LogP contribution in [0.15, 0.2) is 60.7 Å². The van der Waals surface area contributed by atoms with Gasteiger partial charge in [0.15, 0.2) is 0 Å². The van der Waals surface area contributed by atoms with Gasteiger partial charge < -0.3 is 10.2 Å². The van der Waals surface area contributed by atoms with Crippen LogP contribution >= 0.6 is 0 Å². The molecule has 0 heterocycles. The van der Waals surface area contributed by atoms with E-state index in [1.807, 2.05) is 6.07 Å². The summed E-state index contributed by atoms with van der Waals surface area (Å²) < 4.78 is 0. The van der Waals surface area contributed by atoms with Gasteiger partial charge in [-0.1, -0.05) is 48.5 Å². The molecule has 1 N–H and O–H groups in total. The molecule has 0 saturated heterocycles. The molecule has 0 radical (unpaired) electrons. The number of nitrogens with one attached hydrogen (secondary N) is 1. The van der Waals surface area contributed by atoms with Crippen molar-refractivity contribution in [2.45, 2.75) is 12.5 Å². The molecule has 0 aromatic heterocycles. The maximum absolute atomic E-state index is 3.62. The van der Waals surface area contributed by atoms with E-state index < -0.39 is 0 Å². The number of hydrogen-bond donors (Lipinski definition) is 1. The van der Waals surface area contributed by atoms with Crippen molar-refractivity contribution in [3.8, 4) is 0 Å². The van der Waals surface area contributed by atoms with Gasteiger partial charge in [-0.2, -0.15) is 0 Å². The van der Waals surface area contributed by atoms with Gasteiger partial charge in [-0.3, -0.25) is 0 Å². The van der Waals surface area contributed by atoms with E-state index in [2.05, 4.69) is 78.9 Å². The van der Waals surface area contributed by atoms with Crippen molar-refractivity contribution in [3.05, 3.63) is 66.2 Å². The minimum Gasteiger partial charge on any atom is -0.381 e. The van der Waals surface area contributed by atoms with Gasteiger partial charge in [0, 0.05) is 18.3 Å². The van der Waals surface area contributed by atoms with E-state index in [0.29, 0.717) is 6.04 Å². The SMILES string of the molecule is CN(C)C[C@H](Cc1ccccc1)Nc1ccccc1. The Morgan fingerprint density at radius 1 is 0.895 bits per heavy atom.